The maximum atomic E-state index is 12.0. The Morgan fingerprint density at radius 2 is 2.10 bits per heavy atom. The molecule has 0 aliphatic rings. The van der Waals surface area contributed by atoms with Crippen LogP contribution in [0.25, 0.3) is 0 Å². The number of hydrogen-bond donors (Lipinski definition) is 0. The summed E-state index contributed by atoms with van der Waals surface area (Å²) in [5, 5.41) is 0. The van der Waals surface area contributed by atoms with Crippen LogP contribution >= 0.6 is 22.0 Å². The summed E-state index contributed by atoms with van der Waals surface area (Å²) in [4.78, 5) is 12.7. The molecule has 0 saturated heterocycles. The van der Waals surface area contributed by atoms with Gasteiger partial charge in [-0.1, -0.05) is 33.1 Å². The van der Waals surface area contributed by atoms with Crippen molar-refractivity contribution in [1.29, 1.82) is 0 Å². The zero-order valence-electron chi connectivity index (χ0n) is 12.5. The number of hydrogen-bond acceptors (Lipinski definition) is 5. The molecule has 0 aromatic carbocycles. The number of ether oxygens (including phenoxy) is 1. The van der Waals surface area contributed by atoms with E-state index in [0.29, 0.717) is 17.4 Å². The standard InChI is InChI=1S/C14H21ClO4S2/c1-4-6-7-11(5-2)9-19-14(16)12-8-13(10(3)20-12)21(15,17)18/h8,11H,4-7,9H2,1-3H3. The maximum Gasteiger partial charge on any atom is 0.348 e. The molecule has 0 bridgehead atoms. The summed E-state index contributed by atoms with van der Waals surface area (Å²) in [7, 11) is 1.50. The van der Waals surface area contributed by atoms with Crippen LogP contribution in [0.4, 0.5) is 0 Å². The topological polar surface area (TPSA) is 60.4 Å². The van der Waals surface area contributed by atoms with E-state index < -0.39 is 15.0 Å². The lowest BCUT2D eigenvalue weighted by Crippen LogP contribution is -2.13. The molecular formula is C14H21ClO4S2. The fraction of sp³-hybridized carbons (Fsp3) is 0.643. The predicted molar refractivity (Wildman–Crippen MR) is 85.7 cm³/mol. The van der Waals surface area contributed by atoms with E-state index in [9.17, 15) is 13.2 Å². The summed E-state index contributed by atoms with van der Waals surface area (Å²) in [6.45, 7) is 6.19. The third-order valence-electron chi connectivity index (χ3n) is 3.33. The molecule has 0 spiro atoms. The van der Waals surface area contributed by atoms with E-state index in [2.05, 4.69) is 13.8 Å². The normalized spacial score (nSPS) is 13.1. The molecule has 4 nitrogen and oxygen atoms in total. The molecular weight excluding hydrogens is 332 g/mol. The molecule has 0 radical (unpaired) electrons. The Balaban J connectivity index is 2.68. The van der Waals surface area contributed by atoms with Gasteiger partial charge in [0.25, 0.3) is 9.05 Å². The van der Waals surface area contributed by atoms with Crippen molar-refractivity contribution in [3.8, 4) is 0 Å². The minimum atomic E-state index is -3.82. The second-order valence-electron chi connectivity index (χ2n) is 4.98. The molecule has 0 amide bonds. The first-order valence-electron chi connectivity index (χ1n) is 7.01. The van der Waals surface area contributed by atoms with Gasteiger partial charge in [-0.2, -0.15) is 0 Å². The van der Waals surface area contributed by atoms with Crippen molar-refractivity contribution >= 4 is 37.0 Å². The van der Waals surface area contributed by atoms with Gasteiger partial charge in [-0.05, 0) is 25.3 Å². The lowest BCUT2D eigenvalue weighted by Gasteiger charge is -2.14. The highest BCUT2D eigenvalue weighted by molar-refractivity contribution is 8.13. The predicted octanol–water partition coefficient (Wildman–Crippen LogP) is 4.36. The number of thiophene rings is 1. The highest BCUT2D eigenvalue weighted by Gasteiger charge is 2.21. The van der Waals surface area contributed by atoms with Crippen LogP contribution in [0, 0.1) is 12.8 Å². The lowest BCUT2D eigenvalue weighted by molar-refractivity contribution is 0.0433. The molecule has 21 heavy (non-hydrogen) atoms. The SMILES string of the molecule is CCCCC(CC)COC(=O)c1cc(S(=O)(=O)Cl)c(C)s1. The van der Waals surface area contributed by atoms with Gasteiger partial charge in [-0.25, -0.2) is 13.2 Å². The van der Waals surface area contributed by atoms with E-state index in [1.165, 1.54) is 6.07 Å². The van der Waals surface area contributed by atoms with Gasteiger partial charge in [0.1, 0.15) is 4.88 Å². The minimum Gasteiger partial charge on any atom is -0.461 e. The Bertz CT molecular complexity index is 578. The molecule has 1 atom stereocenters. The molecule has 120 valence electrons. The van der Waals surface area contributed by atoms with Crippen LogP contribution in [0.1, 0.15) is 54.1 Å². The van der Waals surface area contributed by atoms with Gasteiger partial charge in [-0.3, -0.25) is 0 Å². The van der Waals surface area contributed by atoms with E-state index in [4.69, 9.17) is 15.4 Å². The van der Waals surface area contributed by atoms with Crippen molar-refractivity contribution in [3.63, 3.8) is 0 Å². The van der Waals surface area contributed by atoms with Gasteiger partial charge in [-0.15, -0.1) is 11.3 Å². The van der Waals surface area contributed by atoms with Gasteiger partial charge < -0.3 is 4.74 Å². The summed E-state index contributed by atoms with van der Waals surface area (Å²) in [6, 6.07) is 1.29. The number of carbonyl (C=O) groups is 1. The number of unbranched alkanes of at least 4 members (excludes halogenated alkanes) is 1. The summed E-state index contributed by atoms with van der Waals surface area (Å²) in [6.07, 6.45) is 4.22. The van der Waals surface area contributed by atoms with Crippen molar-refractivity contribution in [2.24, 2.45) is 5.92 Å². The van der Waals surface area contributed by atoms with Crippen LogP contribution in [-0.2, 0) is 13.8 Å². The number of halogens is 1. The number of carbonyl (C=O) groups excluding carboxylic acids is 1. The summed E-state index contributed by atoms with van der Waals surface area (Å²) in [5.74, 6) is -0.129. The van der Waals surface area contributed by atoms with Crippen molar-refractivity contribution in [1.82, 2.24) is 0 Å². The molecule has 1 unspecified atom stereocenters. The third kappa shape index (κ3) is 5.60. The molecule has 0 N–H and O–H groups in total. The van der Waals surface area contributed by atoms with E-state index in [-0.39, 0.29) is 9.77 Å². The summed E-state index contributed by atoms with van der Waals surface area (Å²) in [5.41, 5.74) is 0. The Morgan fingerprint density at radius 1 is 1.43 bits per heavy atom. The molecule has 0 fully saturated rings. The van der Waals surface area contributed by atoms with Crippen LogP contribution in [0.5, 0.6) is 0 Å². The van der Waals surface area contributed by atoms with Gasteiger partial charge in [0.05, 0.1) is 11.5 Å². The van der Waals surface area contributed by atoms with Gasteiger partial charge >= 0.3 is 5.97 Å². The van der Waals surface area contributed by atoms with Gasteiger partial charge in [0.15, 0.2) is 0 Å². The first-order valence-corrected chi connectivity index (χ1v) is 10.1. The zero-order chi connectivity index (χ0) is 16.0. The highest BCUT2D eigenvalue weighted by atomic mass is 35.7. The van der Waals surface area contributed by atoms with Crippen LogP contribution in [-0.4, -0.2) is 21.0 Å². The lowest BCUT2D eigenvalue weighted by atomic mass is 10.0. The molecule has 0 aliphatic heterocycles. The van der Waals surface area contributed by atoms with E-state index >= 15 is 0 Å². The maximum absolute atomic E-state index is 12.0. The van der Waals surface area contributed by atoms with Crippen LogP contribution in [0.3, 0.4) is 0 Å². The van der Waals surface area contributed by atoms with E-state index in [0.717, 1.165) is 37.0 Å². The first-order chi connectivity index (χ1) is 9.79. The molecule has 0 aliphatic carbocycles. The second-order valence-corrected chi connectivity index (χ2v) is 8.77. The van der Waals surface area contributed by atoms with E-state index in [1.807, 2.05) is 0 Å². The van der Waals surface area contributed by atoms with Crippen molar-refractivity contribution in [2.45, 2.75) is 51.3 Å². The van der Waals surface area contributed by atoms with Crippen molar-refractivity contribution in [2.75, 3.05) is 6.61 Å². The molecule has 1 aromatic rings. The molecule has 7 heteroatoms. The van der Waals surface area contributed by atoms with Crippen molar-refractivity contribution in [3.05, 3.63) is 15.8 Å². The van der Waals surface area contributed by atoms with Crippen LogP contribution < -0.4 is 0 Å². The molecule has 1 heterocycles. The zero-order valence-corrected chi connectivity index (χ0v) is 14.9. The Kier molecular flexibility index (Phi) is 7.16. The van der Waals surface area contributed by atoms with Crippen LogP contribution in [0.15, 0.2) is 11.0 Å². The Morgan fingerprint density at radius 3 is 2.57 bits per heavy atom. The van der Waals surface area contributed by atoms with Crippen LogP contribution in [0.2, 0.25) is 0 Å². The van der Waals surface area contributed by atoms with Crippen molar-refractivity contribution < 1.29 is 17.9 Å². The number of esters is 1. The quantitative estimate of drug-likeness (QED) is 0.515. The number of rotatable bonds is 8. The minimum absolute atomic E-state index is 0.0147. The smallest absolute Gasteiger partial charge is 0.348 e. The second kappa shape index (κ2) is 8.15. The fourth-order valence-corrected chi connectivity index (χ4v) is 4.53. The first kappa shape index (κ1) is 18.5. The summed E-state index contributed by atoms with van der Waals surface area (Å²) >= 11 is 1.09. The van der Waals surface area contributed by atoms with Gasteiger partial charge in [0.2, 0.25) is 0 Å². The Labute approximate surface area is 134 Å². The average molecular weight is 353 g/mol. The fourth-order valence-electron chi connectivity index (χ4n) is 1.97. The number of aryl methyl sites for hydroxylation is 1. The monoisotopic (exact) mass is 352 g/mol. The third-order valence-corrected chi connectivity index (χ3v) is 5.94. The average Bonchev–Trinajstić information content (AvgIpc) is 2.81. The molecule has 1 rings (SSSR count). The van der Waals surface area contributed by atoms with Gasteiger partial charge in [0, 0.05) is 15.6 Å². The van der Waals surface area contributed by atoms with E-state index in [1.54, 1.807) is 6.92 Å². The highest BCUT2D eigenvalue weighted by Crippen LogP contribution is 2.29. The largest absolute Gasteiger partial charge is 0.461 e. The summed E-state index contributed by atoms with van der Waals surface area (Å²) < 4.78 is 28.0. The Hall–Kier alpha value is -0.590. The molecule has 0 saturated carbocycles. The molecule has 1 aromatic heterocycles.